The van der Waals surface area contributed by atoms with Gasteiger partial charge in [0.2, 0.25) is 15.9 Å². The zero-order valence-electron chi connectivity index (χ0n) is 20.5. The van der Waals surface area contributed by atoms with Gasteiger partial charge < -0.3 is 15.0 Å². The highest BCUT2D eigenvalue weighted by Crippen LogP contribution is 2.29. The molecule has 0 bridgehead atoms. The van der Waals surface area contributed by atoms with Crippen LogP contribution in [0.5, 0.6) is 5.75 Å². The summed E-state index contributed by atoms with van der Waals surface area (Å²) >= 11 is 0. The lowest BCUT2D eigenvalue weighted by atomic mass is 9.85. The van der Waals surface area contributed by atoms with E-state index in [9.17, 15) is 26.4 Å². The molecule has 1 fully saturated rings. The second-order valence-corrected chi connectivity index (χ2v) is 11.3. The van der Waals surface area contributed by atoms with E-state index in [2.05, 4.69) is 19.7 Å². The van der Waals surface area contributed by atoms with Gasteiger partial charge in [0.25, 0.3) is 0 Å². The molecule has 11 heteroatoms. The number of rotatable bonds is 11. The van der Waals surface area contributed by atoms with Crippen LogP contribution >= 0.6 is 0 Å². The molecule has 4 rings (SSSR count). The summed E-state index contributed by atoms with van der Waals surface area (Å²) in [6, 6.07) is 8.34. The Morgan fingerprint density at radius 3 is 2.51 bits per heavy atom. The number of alkyl halides is 2. The van der Waals surface area contributed by atoms with E-state index >= 15 is 0 Å². The van der Waals surface area contributed by atoms with Crippen LogP contribution in [0.2, 0.25) is 0 Å². The number of carbonyl (C=O) groups excluding carboxylic acids is 1. The molecule has 2 aromatic carbocycles. The Balaban J connectivity index is 1.40. The summed E-state index contributed by atoms with van der Waals surface area (Å²) in [6.45, 7) is -1.48. The van der Waals surface area contributed by atoms with Gasteiger partial charge >= 0.3 is 6.61 Å². The van der Waals surface area contributed by atoms with E-state index in [0.29, 0.717) is 19.5 Å². The van der Waals surface area contributed by atoms with Crippen LogP contribution in [0.3, 0.4) is 0 Å². The summed E-state index contributed by atoms with van der Waals surface area (Å²) in [6.07, 6.45) is 6.21. The quantitative estimate of drug-likeness (QED) is 0.447. The van der Waals surface area contributed by atoms with Crippen molar-refractivity contribution in [3.8, 4) is 5.75 Å². The number of nitrogens with zero attached hydrogens (tertiary/aromatic N) is 1. The standard InChI is InChI=1S/C26H32F3N3O4S/c27-20-6-11-24-19(17-20)12-14-32(24)15-13-30-25(33)23(16-18-4-2-1-3-5-18)31-37(34,35)22-9-7-21(8-10-22)36-26(28)29/h6-11,17-18,23,26,31H,1-5,12-16H2,(H,30,33)/t23-/m0/s1. The Hall–Kier alpha value is -2.79. The predicted octanol–water partition coefficient (Wildman–Crippen LogP) is 4.22. The maximum Gasteiger partial charge on any atom is 0.387 e. The van der Waals surface area contributed by atoms with Crippen molar-refractivity contribution in [2.45, 2.75) is 62.5 Å². The Morgan fingerprint density at radius 2 is 1.81 bits per heavy atom. The number of ether oxygens (including phenoxy) is 1. The first kappa shape index (κ1) is 27.3. The molecule has 37 heavy (non-hydrogen) atoms. The van der Waals surface area contributed by atoms with E-state index in [1.807, 2.05) is 0 Å². The third-order valence-corrected chi connectivity index (χ3v) is 8.47. The zero-order chi connectivity index (χ0) is 26.4. The molecule has 0 radical (unpaired) electrons. The number of halogens is 3. The maximum atomic E-state index is 13.5. The van der Waals surface area contributed by atoms with Gasteiger partial charge in [0.05, 0.1) is 4.90 Å². The van der Waals surface area contributed by atoms with E-state index in [-0.39, 0.29) is 22.4 Å². The lowest BCUT2D eigenvalue weighted by molar-refractivity contribution is -0.123. The van der Waals surface area contributed by atoms with Gasteiger partial charge in [0, 0.05) is 25.3 Å². The molecule has 0 unspecified atom stereocenters. The average Bonchev–Trinajstić information content (AvgIpc) is 3.26. The Kier molecular flexibility index (Phi) is 8.96. The van der Waals surface area contributed by atoms with E-state index in [4.69, 9.17) is 0 Å². The molecule has 2 aromatic rings. The van der Waals surface area contributed by atoms with Crippen LogP contribution in [-0.2, 0) is 21.2 Å². The SMILES string of the molecule is O=C(NCCN1CCc2cc(F)ccc21)[C@H](CC1CCCCC1)NS(=O)(=O)c1ccc(OC(F)F)cc1. The highest BCUT2D eigenvalue weighted by atomic mass is 32.2. The largest absolute Gasteiger partial charge is 0.435 e. The lowest BCUT2D eigenvalue weighted by Crippen LogP contribution is -2.49. The van der Waals surface area contributed by atoms with Crippen LogP contribution in [0, 0.1) is 11.7 Å². The second kappa shape index (κ2) is 12.2. The molecule has 1 atom stereocenters. The number of carbonyl (C=O) groups is 1. The predicted molar refractivity (Wildman–Crippen MR) is 134 cm³/mol. The van der Waals surface area contributed by atoms with Gasteiger partial charge in [-0.15, -0.1) is 0 Å². The Morgan fingerprint density at radius 1 is 1.08 bits per heavy atom. The summed E-state index contributed by atoms with van der Waals surface area (Å²) in [5, 5.41) is 2.86. The summed E-state index contributed by atoms with van der Waals surface area (Å²) < 4.78 is 71.2. The van der Waals surface area contributed by atoms with Crippen LogP contribution in [0.25, 0.3) is 0 Å². The molecule has 2 aliphatic rings. The summed E-state index contributed by atoms with van der Waals surface area (Å²) in [5.74, 6) is -0.612. The summed E-state index contributed by atoms with van der Waals surface area (Å²) in [4.78, 5) is 15.1. The monoisotopic (exact) mass is 539 g/mol. The van der Waals surface area contributed by atoms with Gasteiger partial charge in [-0.3, -0.25) is 4.79 Å². The first-order chi connectivity index (χ1) is 17.7. The van der Waals surface area contributed by atoms with Crippen molar-refractivity contribution >= 4 is 21.6 Å². The third kappa shape index (κ3) is 7.38. The van der Waals surface area contributed by atoms with Crippen LogP contribution in [0.4, 0.5) is 18.9 Å². The highest BCUT2D eigenvalue weighted by molar-refractivity contribution is 7.89. The van der Waals surface area contributed by atoms with Crippen LogP contribution < -0.4 is 19.7 Å². The van der Waals surface area contributed by atoms with Crippen molar-refractivity contribution in [1.82, 2.24) is 10.0 Å². The third-order valence-electron chi connectivity index (χ3n) is 6.98. The zero-order valence-corrected chi connectivity index (χ0v) is 21.3. The summed E-state index contributed by atoms with van der Waals surface area (Å²) in [7, 11) is -4.09. The second-order valence-electron chi connectivity index (χ2n) is 9.56. The summed E-state index contributed by atoms with van der Waals surface area (Å²) in [5.41, 5.74) is 1.87. The molecule has 1 amide bonds. The molecule has 202 valence electrons. The molecule has 1 aliphatic carbocycles. The minimum Gasteiger partial charge on any atom is -0.435 e. The molecule has 7 nitrogen and oxygen atoms in total. The average molecular weight is 540 g/mol. The fourth-order valence-corrected chi connectivity index (χ4v) is 6.34. The molecular formula is C26H32F3N3O4S. The molecule has 1 aliphatic heterocycles. The van der Waals surface area contributed by atoms with Crippen molar-refractivity contribution in [2.75, 3.05) is 24.5 Å². The van der Waals surface area contributed by atoms with Gasteiger partial charge in [0.1, 0.15) is 17.6 Å². The topological polar surface area (TPSA) is 87.7 Å². The van der Waals surface area contributed by atoms with Crippen LogP contribution in [0.1, 0.15) is 44.1 Å². The van der Waals surface area contributed by atoms with Gasteiger partial charge in [-0.05, 0) is 66.8 Å². The molecule has 0 spiro atoms. The highest BCUT2D eigenvalue weighted by Gasteiger charge is 2.29. The van der Waals surface area contributed by atoms with Crippen molar-refractivity contribution in [3.63, 3.8) is 0 Å². The minimum atomic E-state index is -4.09. The van der Waals surface area contributed by atoms with Crippen molar-refractivity contribution in [3.05, 3.63) is 53.8 Å². The molecule has 1 saturated carbocycles. The molecule has 2 N–H and O–H groups in total. The lowest BCUT2D eigenvalue weighted by Gasteiger charge is -2.27. The molecular weight excluding hydrogens is 507 g/mol. The van der Waals surface area contributed by atoms with E-state index in [0.717, 1.165) is 68.5 Å². The van der Waals surface area contributed by atoms with Crippen molar-refractivity contribution in [1.29, 1.82) is 0 Å². The smallest absolute Gasteiger partial charge is 0.387 e. The number of sulfonamides is 1. The molecule has 1 heterocycles. The number of anilines is 1. The van der Waals surface area contributed by atoms with Crippen molar-refractivity contribution in [2.24, 2.45) is 5.92 Å². The first-order valence-electron chi connectivity index (χ1n) is 12.6. The van der Waals surface area contributed by atoms with E-state index in [1.54, 1.807) is 6.07 Å². The van der Waals surface area contributed by atoms with Gasteiger partial charge in [-0.1, -0.05) is 32.1 Å². The van der Waals surface area contributed by atoms with Gasteiger partial charge in [-0.25, -0.2) is 12.8 Å². The Labute approximate surface area is 215 Å². The van der Waals surface area contributed by atoms with Crippen molar-refractivity contribution < 1.29 is 31.1 Å². The number of hydrogen-bond acceptors (Lipinski definition) is 5. The first-order valence-corrected chi connectivity index (χ1v) is 14.1. The maximum absolute atomic E-state index is 13.5. The van der Waals surface area contributed by atoms with Crippen LogP contribution in [0.15, 0.2) is 47.4 Å². The number of hydrogen-bond donors (Lipinski definition) is 2. The van der Waals surface area contributed by atoms with Gasteiger partial charge in [-0.2, -0.15) is 13.5 Å². The molecule has 0 saturated heterocycles. The van der Waals surface area contributed by atoms with E-state index < -0.39 is 28.6 Å². The molecule has 0 aromatic heterocycles. The Bertz CT molecular complexity index is 1170. The van der Waals surface area contributed by atoms with E-state index in [1.165, 1.54) is 24.3 Å². The van der Waals surface area contributed by atoms with Gasteiger partial charge in [0.15, 0.2) is 0 Å². The number of amides is 1. The number of nitrogens with one attached hydrogen (secondary N) is 2. The minimum absolute atomic E-state index is 0.142. The fraction of sp³-hybridized carbons (Fsp3) is 0.500. The normalized spacial score (nSPS) is 17.0. The van der Waals surface area contributed by atoms with Crippen LogP contribution in [-0.4, -0.2) is 46.6 Å². The number of benzene rings is 2. The fourth-order valence-electron chi connectivity index (χ4n) is 5.13. The number of fused-ring (bicyclic) bond motifs is 1.